The van der Waals surface area contributed by atoms with Crippen LogP contribution in [0, 0.1) is 0 Å². The molecule has 2 aliphatic rings. The van der Waals surface area contributed by atoms with Gasteiger partial charge >= 0.3 is 0 Å². The summed E-state index contributed by atoms with van der Waals surface area (Å²) in [6.45, 7) is 0. The van der Waals surface area contributed by atoms with Crippen LogP contribution in [-0.2, 0) is 0 Å². The van der Waals surface area contributed by atoms with Crippen LogP contribution in [0.1, 0.15) is 96.3 Å². The van der Waals surface area contributed by atoms with E-state index in [1.807, 2.05) is 0 Å². The van der Waals surface area contributed by atoms with E-state index in [1.165, 1.54) is 83.5 Å². The second-order valence-electron chi connectivity index (χ2n) is 9.79. The molecular weight excluding hydrogens is 1250 g/mol. The smallest absolute Gasteiger partial charge is 0.0879 e. The zero-order chi connectivity index (χ0) is 27.6. The number of hydrogen-bond acceptors (Lipinski definition) is 0. The maximum atomic E-state index is 3.85. The lowest BCUT2D eigenvalue weighted by Crippen LogP contribution is -2.47. The molecule has 0 N–H and O–H groups in total. The van der Waals surface area contributed by atoms with E-state index in [0.717, 1.165) is 12.8 Å². The Morgan fingerprint density at radius 1 is 0.333 bits per heavy atom. The van der Waals surface area contributed by atoms with Gasteiger partial charge in [0.1, 0.15) is 9.70 Å². The second-order valence-corrected chi connectivity index (χ2v) is 27.8. The van der Waals surface area contributed by atoms with Crippen molar-refractivity contribution >= 4 is 191 Å². The van der Waals surface area contributed by atoms with Gasteiger partial charge in [-0.2, -0.15) is 0 Å². The highest BCUT2D eigenvalue weighted by Crippen LogP contribution is 2.63. The third kappa shape index (κ3) is 14.2. The molecule has 6 unspecified atom stereocenters. The summed E-state index contributed by atoms with van der Waals surface area (Å²) in [5.74, 6) is 0. The van der Waals surface area contributed by atoms with Gasteiger partial charge in [-0.25, -0.2) is 0 Å². The lowest BCUT2D eigenvalue weighted by molar-refractivity contribution is 0.502. The molecule has 36 heavy (non-hydrogen) atoms. The van der Waals surface area contributed by atoms with Crippen LogP contribution in [0.3, 0.4) is 0 Å². The first-order valence-corrected chi connectivity index (χ1v) is 22.9. The molecule has 0 heterocycles. The van der Waals surface area contributed by atoms with E-state index in [1.54, 1.807) is 0 Å². The third-order valence-electron chi connectivity index (χ3n) is 6.73. The Balaban J connectivity index is 0.000000360. The molecule has 2 aliphatic carbocycles. The molecule has 0 nitrogen and oxygen atoms in total. The topological polar surface area (TPSA) is 0 Å². The van der Waals surface area contributed by atoms with Gasteiger partial charge in [-0.3, -0.25) is 0 Å². The highest BCUT2D eigenvalue weighted by molar-refractivity contribution is 9.33. The van der Waals surface area contributed by atoms with Crippen LogP contribution in [0.25, 0.3) is 0 Å². The highest BCUT2D eigenvalue weighted by atomic mass is 79.9. The van der Waals surface area contributed by atoms with Crippen molar-refractivity contribution in [3.63, 3.8) is 0 Å². The second kappa shape index (κ2) is 20.0. The summed E-state index contributed by atoms with van der Waals surface area (Å²) in [6, 6.07) is 0. The third-order valence-corrected chi connectivity index (χ3v) is 26.4. The fourth-order valence-electron chi connectivity index (χ4n) is 4.20. The molecule has 0 radical (unpaired) electrons. The van der Waals surface area contributed by atoms with E-state index < -0.39 is 0 Å². The van der Waals surface area contributed by atoms with E-state index >= 15 is 0 Å². The van der Waals surface area contributed by atoms with Gasteiger partial charge in [0.15, 0.2) is 0 Å². The molecule has 0 spiro atoms. The first-order valence-electron chi connectivity index (χ1n) is 12.6. The van der Waals surface area contributed by atoms with Gasteiger partial charge in [-0.15, -0.1) is 0 Å². The van der Waals surface area contributed by atoms with Gasteiger partial charge in [0, 0.05) is 29.0 Å². The normalized spacial score (nSPS) is 37.0. The van der Waals surface area contributed by atoms with Crippen molar-refractivity contribution in [2.45, 2.75) is 135 Å². The zero-order valence-corrected chi connectivity index (χ0v) is 39.1. The molecule has 0 bridgehead atoms. The number of hydrogen-bond donors (Lipinski definition) is 0. The van der Waals surface area contributed by atoms with Gasteiger partial charge in [0.2, 0.25) is 0 Å². The number of alkyl halides is 12. The Bertz CT molecular complexity index is 514. The van der Waals surface area contributed by atoms with Crippen LogP contribution in [0.15, 0.2) is 0 Å². The van der Waals surface area contributed by atoms with Crippen molar-refractivity contribution in [3.05, 3.63) is 0 Å². The first kappa shape index (κ1) is 39.8. The van der Waals surface area contributed by atoms with E-state index in [0.29, 0.717) is 29.0 Å². The maximum absolute atomic E-state index is 3.85. The average Bonchev–Trinajstić information content (AvgIpc) is 2.81. The molecule has 0 saturated heterocycles. The summed E-state index contributed by atoms with van der Waals surface area (Å²) in [5.41, 5.74) is 0. The summed E-state index contributed by atoms with van der Waals surface area (Å²) in [4.78, 5) is 3.36. The lowest BCUT2D eigenvalue weighted by atomic mass is 10.0. The van der Waals surface area contributed by atoms with Crippen LogP contribution in [-0.4, -0.2) is 38.7 Å². The van der Waals surface area contributed by atoms with Crippen molar-refractivity contribution < 1.29 is 0 Å². The van der Waals surface area contributed by atoms with Crippen LogP contribution in [0.5, 0.6) is 0 Å². The molecule has 0 amide bonds. The maximum Gasteiger partial charge on any atom is 0.130 e. The number of rotatable bonds is 0. The minimum atomic E-state index is -0.292. The predicted molar refractivity (Wildman–Crippen MR) is 207 cm³/mol. The Labute approximate surface area is 321 Å². The van der Waals surface area contributed by atoms with Gasteiger partial charge in [-0.05, 0) is 51.4 Å². The number of halogens is 12. The summed E-state index contributed by atoms with van der Waals surface area (Å²) < 4.78 is -0.655. The van der Waals surface area contributed by atoms with Crippen molar-refractivity contribution in [3.8, 4) is 0 Å². The van der Waals surface area contributed by atoms with Crippen molar-refractivity contribution in [2.75, 3.05) is 0 Å². The fraction of sp³-hybridized carbons (Fsp3) is 1.00. The van der Waals surface area contributed by atoms with E-state index in [9.17, 15) is 0 Å². The Morgan fingerprint density at radius 3 is 0.750 bits per heavy atom. The quantitative estimate of drug-likeness (QED) is 0.212. The fourth-order valence-corrected chi connectivity index (χ4v) is 11.7. The summed E-state index contributed by atoms with van der Waals surface area (Å²) in [5, 5.41) is 0. The predicted octanol–water partition coefficient (Wildman–Crippen LogP) is 14.9. The summed E-state index contributed by atoms with van der Waals surface area (Å²) in [6.07, 6.45) is 18.6. The molecule has 0 aromatic carbocycles. The minimum absolute atomic E-state index is 0.181. The molecule has 2 fully saturated rings. The molecule has 0 aliphatic heterocycles. The molecule has 0 aromatic heterocycles. The van der Waals surface area contributed by atoms with Crippen LogP contribution in [0.2, 0.25) is 0 Å². The minimum Gasteiger partial charge on any atom is -0.0879 e. The zero-order valence-electron chi connectivity index (χ0n) is 20.1. The average molecular weight is 1280 g/mol. The SMILES string of the molecule is BrC1(Br)CCCCCCCCCC(Br)(Br)C1(Br)Br.BrC1CCC(Br)C(Br)CCC(Br)C(Br)CCC1Br. The molecule has 2 saturated carbocycles. The molecule has 6 atom stereocenters. The highest BCUT2D eigenvalue weighted by Gasteiger charge is 2.56. The van der Waals surface area contributed by atoms with Gasteiger partial charge in [0.05, 0.1) is 0 Å². The van der Waals surface area contributed by atoms with Gasteiger partial charge in [-0.1, -0.05) is 236 Å². The van der Waals surface area contributed by atoms with Gasteiger partial charge in [0.25, 0.3) is 0 Å². The lowest BCUT2D eigenvalue weighted by Gasteiger charge is -2.44. The van der Waals surface area contributed by atoms with Crippen LogP contribution >= 0.6 is 191 Å². The molecule has 2 rings (SSSR count). The summed E-state index contributed by atoms with van der Waals surface area (Å²) in [7, 11) is 0. The summed E-state index contributed by atoms with van der Waals surface area (Å²) >= 11 is 46.0. The molecule has 0 aromatic rings. The van der Waals surface area contributed by atoms with Gasteiger partial charge < -0.3 is 0 Å². The molecule has 216 valence electrons. The van der Waals surface area contributed by atoms with E-state index in [2.05, 4.69) is 191 Å². The van der Waals surface area contributed by atoms with Crippen molar-refractivity contribution in [2.24, 2.45) is 0 Å². The molecule has 12 heteroatoms. The van der Waals surface area contributed by atoms with E-state index in [4.69, 9.17) is 0 Å². The Hall–Kier alpha value is 5.76. The van der Waals surface area contributed by atoms with Crippen LogP contribution in [0.4, 0.5) is 0 Å². The van der Waals surface area contributed by atoms with Crippen molar-refractivity contribution in [1.82, 2.24) is 0 Å². The van der Waals surface area contributed by atoms with Crippen molar-refractivity contribution in [1.29, 1.82) is 0 Å². The Morgan fingerprint density at radius 2 is 0.528 bits per heavy atom. The first-order chi connectivity index (χ1) is 16.6. The van der Waals surface area contributed by atoms with E-state index in [-0.39, 0.29) is 9.70 Å². The molecular formula is C24H36Br12. The Kier molecular flexibility index (Phi) is 22.1. The largest absolute Gasteiger partial charge is 0.130 e. The standard InChI is InChI=1S/2C12H18Br6/c13-7-1-2-8(14)10(16)5-6-12(18)11(17)4-3-9(7)15;13-10(14)8-6-4-2-1-3-5-7-9-11(15,16)12(10,17)18/h7-12H,1-6H2;1-9H2. The van der Waals surface area contributed by atoms with Crippen LogP contribution < -0.4 is 0 Å². The monoisotopic (exact) mass is 1270 g/mol.